The molecular formula is C15H12ClN5O. The Kier molecular flexibility index (Phi) is 4.11. The molecule has 3 aromatic rings. The SMILES string of the molecule is O=C(NCc1ccncc1)c1n[nH]nc1-c1cccc(Cl)c1. The number of benzene rings is 1. The lowest BCUT2D eigenvalue weighted by atomic mass is 10.1. The summed E-state index contributed by atoms with van der Waals surface area (Å²) in [6.07, 6.45) is 3.35. The van der Waals surface area contributed by atoms with E-state index in [1.165, 1.54) is 0 Å². The normalized spacial score (nSPS) is 10.4. The Labute approximate surface area is 131 Å². The molecule has 7 heteroatoms. The molecule has 0 aliphatic rings. The number of nitrogens with one attached hydrogen (secondary N) is 2. The monoisotopic (exact) mass is 313 g/mol. The molecule has 0 aliphatic heterocycles. The fourth-order valence-corrected chi connectivity index (χ4v) is 2.18. The lowest BCUT2D eigenvalue weighted by Gasteiger charge is -2.04. The summed E-state index contributed by atoms with van der Waals surface area (Å²) in [5, 5.41) is 13.8. The Bertz CT molecular complexity index is 787. The van der Waals surface area contributed by atoms with Crippen molar-refractivity contribution < 1.29 is 4.79 Å². The minimum Gasteiger partial charge on any atom is -0.346 e. The molecular weight excluding hydrogens is 302 g/mol. The number of amides is 1. The number of hydrogen-bond donors (Lipinski definition) is 2. The second kappa shape index (κ2) is 6.36. The van der Waals surface area contributed by atoms with Gasteiger partial charge in [-0.15, -0.1) is 0 Å². The zero-order chi connectivity index (χ0) is 15.4. The Balaban J connectivity index is 1.78. The van der Waals surface area contributed by atoms with Gasteiger partial charge in [0.2, 0.25) is 0 Å². The topological polar surface area (TPSA) is 83.6 Å². The maximum absolute atomic E-state index is 12.3. The molecule has 0 saturated carbocycles. The van der Waals surface area contributed by atoms with Gasteiger partial charge in [0.25, 0.3) is 5.91 Å². The summed E-state index contributed by atoms with van der Waals surface area (Å²) in [5.74, 6) is -0.305. The van der Waals surface area contributed by atoms with E-state index in [2.05, 4.69) is 25.7 Å². The Hall–Kier alpha value is -2.73. The largest absolute Gasteiger partial charge is 0.346 e. The van der Waals surface area contributed by atoms with E-state index >= 15 is 0 Å². The van der Waals surface area contributed by atoms with E-state index in [0.29, 0.717) is 17.3 Å². The molecule has 0 saturated heterocycles. The van der Waals surface area contributed by atoms with Gasteiger partial charge < -0.3 is 5.32 Å². The average molecular weight is 314 g/mol. The highest BCUT2D eigenvalue weighted by Crippen LogP contribution is 2.22. The number of H-pyrrole nitrogens is 1. The van der Waals surface area contributed by atoms with Crippen molar-refractivity contribution in [2.45, 2.75) is 6.54 Å². The van der Waals surface area contributed by atoms with Gasteiger partial charge in [0.05, 0.1) is 0 Å². The molecule has 2 N–H and O–H groups in total. The minimum atomic E-state index is -0.305. The second-order valence-corrected chi connectivity index (χ2v) is 5.01. The van der Waals surface area contributed by atoms with Gasteiger partial charge in [-0.3, -0.25) is 9.78 Å². The summed E-state index contributed by atoms with van der Waals surface area (Å²) in [6.45, 7) is 0.392. The summed E-state index contributed by atoms with van der Waals surface area (Å²) < 4.78 is 0. The molecule has 0 aliphatic carbocycles. The quantitative estimate of drug-likeness (QED) is 0.775. The molecule has 6 nitrogen and oxygen atoms in total. The number of nitrogens with zero attached hydrogens (tertiary/aromatic N) is 3. The number of pyridine rings is 1. The van der Waals surface area contributed by atoms with Crippen molar-refractivity contribution in [3.05, 3.63) is 65.1 Å². The predicted octanol–water partition coefficient (Wildman–Crippen LogP) is 2.45. The summed E-state index contributed by atoms with van der Waals surface area (Å²) in [4.78, 5) is 16.2. The van der Waals surface area contributed by atoms with Crippen LogP contribution in [0.1, 0.15) is 16.1 Å². The van der Waals surface area contributed by atoms with Crippen molar-refractivity contribution in [2.24, 2.45) is 0 Å². The molecule has 3 rings (SSSR count). The first-order valence-electron chi connectivity index (χ1n) is 6.58. The molecule has 0 spiro atoms. The number of carbonyl (C=O) groups is 1. The third-order valence-electron chi connectivity index (χ3n) is 3.06. The summed E-state index contributed by atoms with van der Waals surface area (Å²) in [6, 6.07) is 10.8. The molecule has 110 valence electrons. The van der Waals surface area contributed by atoms with E-state index in [1.54, 1.807) is 30.6 Å². The first-order valence-corrected chi connectivity index (χ1v) is 6.95. The third kappa shape index (κ3) is 3.12. The molecule has 0 atom stereocenters. The third-order valence-corrected chi connectivity index (χ3v) is 3.30. The maximum Gasteiger partial charge on any atom is 0.274 e. The highest BCUT2D eigenvalue weighted by Gasteiger charge is 2.17. The molecule has 2 aromatic heterocycles. The summed E-state index contributed by atoms with van der Waals surface area (Å²) in [7, 11) is 0. The predicted molar refractivity (Wildman–Crippen MR) is 82.2 cm³/mol. The molecule has 0 radical (unpaired) electrons. The van der Waals surface area contributed by atoms with Crippen molar-refractivity contribution in [1.29, 1.82) is 0 Å². The number of hydrogen-bond acceptors (Lipinski definition) is 4. The van der Waals surface area contributed by atoms with Gasteiger partial charge in [-0.1, -0.05) is 23.7 Å². The number of halogens is 1. The lowest BCUT2D eigenvalue weighted by Crippen LogP contribution is -2.23. The highest BCUT2D eigenvalue weighted by atomic mass is 35.5. The highest BCUT2D eigenvalue weighted by molar-refractivity contribution is 6.30. The van der Waals surface area contributed by atoms with Crippen LogP contribution >= 0.6 is 11.6 Å². The van der Waals surface area contributed by atoms with Crippen LogP contribution < -0.4 is 5.32 Å². The fraction of sp³-hybridized carbons (Fsp3) is 0.0667. The Morgan fingerprint density at radius 3 is 2.77 bits per heavy atom. The van der Waals surface area contributed by atoms with E-state index in [9.17, 15) is 4.79 Å². The fourth-order valence-electron chi connectivity index (χ4n) is 1.99. The van der Waals surface area contributed by atoms with Gasteiger partial charge in [0.15, 0.2) is 5.69 Å². The van der Waals surface area contributed by atoms with Crippen molar-refractivity contribution in [2.75, 3.05) is 0 Å². The van der Waals surface area contributed by atoms with E-state index in [4.69, 9.17) is 11.6 Å². The van der Waals surface area contributed by atoms with E-state index in [0.717, 1.165) is 11.1 Å². The van der Waals surface area contributed by atoms with Gasteiger partial charge in [0.1, 0.15) is 5.69 Å². The summed E-state index contributed by atoms with van der Waals surface area (Å²) in [5.41, 5.74) is 2.39. The van der Waals surface area contributed by atoms with Gasteiger partial charge >= 0.3 is 0 Å². The Morgan fingerprint density at radius 2 is 2.00 bits per heavy atom. The standard InChI is InChI=1S/C15H12ClN5O/c16-12-3-1-2-11(8-12)13-14(20-21-19-13)15(22)18-9-10-4-6-17-7-5-10/h1-8H,9H2,(H,18,22)(H,19,20,21). The van der Waals surface area contributed by atoms with Crippen LogP contribution in [0.3, 0.4) is 0 Å². The zero-order valence-electron chi connectivity index (χ0n) is 11.5. The van der Waals surface area contributed by atoms with Gasteiger partial charge in [-0.25, -0.2) is 0 Å². The summed E-state index contributed by atoms with van der Waals surface area (Å²) >= 11 is 5.97. The van der Waals surface area contributed by atoms with Crippen molar-refractivity contribution in [3.63, 3.8) is 0 Å². The van der Waals surface area contributed by atoms with E-state index < -0.39 is 0 Å². The molecule has 2 heterocycles. The lowest BCUT2D eigenvalue weighted by molar-refractivity contribution is 0.0946. The van der Waals surface area contributed by atoms with Gasteiger partial charge in [0, 0.05) is 29.5 Å². The van der Waals surface area contributed by atoms with E-state index in [1.807, 2.05) is 18.2 Å². The second-order valence-electron chi connectivity index (χ2n) is 4.57. The molecule has 0 unspecified atom stereocenters. The molecule has 0 fully saturated rings. The first-order chi connectivity index (χ1) is 10.7. The van der Waals surface area contributed by atoms with Crippen LogP contribution in [0.15, 0.2) is 48.8 Å². The molecule has 1 amide bonds. The van der Waals surface area contributed by atoms with Gasteiger partial charge in [-0.05, 0) is 29.8 Å². The molecule has 0 bridgehead atoms. The first kappa shape index (κ1) is 14.2. The van der Waals surface area contributed by atoms with Crippen molar-refractivity contribution in [1.82, 2.24) is 25.7 Å². The van der Waals surface area contributed by atoms with Crippen LogP contribution in [0.5, 0.6) is 0 Å². The number of rotatable bonds is 4. The smallest absolute Gasteiger partial charge is 0.274 e. The molecule has 22 heavy (non-hydrogen) atoms. The van der Waals surface area contributed by atoms with Crippen molar-refractivity contribution >= 4 is 17.5 Å². The van der Waals surface area contributed by atoms with Crippen LogP contribution in [-0.4, -0.2) is 26.3 Å². The number of carbonyl (C=O) groups excluding carboxylic acids is 1. The van der Waals surface area contributed by atoms with Crippen LogP contribution in [0.4, 0.5) is 0 Å². The maximum atomic E-state index is 12.3. The van der Waals surface area contributed by atoms with Crippen LogP contribution in [0.25, 0.3) is 11.3 Å². The van der Waals surface area contributed by atoms with Crippen molar-refractivity contribution in [3.8, 4) is 11.3 Å². The number of aromatic amines is 1. The Morgan fingerprint density at radius 1 is 1.18 bits per heavy atom. The van der Waals surface area contributed by atoms with E-state index in [-0.39, 0.29) is 11.6 Å². The number of aromatic nitrogens is 4. The molecule has 1 aromatic carbocycles. The van der Waals surface area contributed by atoms with Crippen LogP contribution in [0, 0.1) is 0 Å². The minimum absolute atomic E-state index is 0.233. The van der Waals surface area contributed by atoms with Gasteiger partial charge in [-0.2, -0.15) is 15.4 Å². The van der Waals surface area contributed by atoms with Crippen LogP contribution in [0.2, 0.25) is 5.02 Å². The zero-order valence-corrected chi connectivity index (χ0v) is 12.2. The van der Waals surface area contributed by atoms with Crippen LogP contribution in [-0.2, 0) is 6.54 Å². The average Bonchev–Trinajstić information content (AvgIpc) is 3.03.